The van der Waals surface area contributed by atoms with Crippen LogP contribution in [0.25, 0.3) is 22.4 Å². The van der Waals surface area contributed by atoms with Crippen LogP contribution in [-0.2, 0) is 14.3 Å². The summed E-state index contributed by atoms with van der Waals surface area (Å²) in [7, 11) is 76.3. The molecule has 21 nitrogen and oxygen atoms in total. The number of carbonyl (C=O) groups is 3. The van der Waals surface area contributed by atoms with Crippen LogP contribution in [0.15, 0.2) is 42.9 Å². The van der Waals surface area contributed by atoms with Gasteiger partial charge in [0.05, 0.1) is 75.2 Å². The summed E-state index contributed by atoms with van der Waals surface area (Å²) in [6.07, 6.45) is 13.3. The third-order valence-corrected chi connectivity index (χ3v) is 20.5. The Balaban J connectivity index is 0.000000287. The molecule has 4 aliphatic heterocycles. The number of aryl methyl sites for hydroxylation is 7. The molecule has 6 aromatic rings. The zero-order valence-corrected chi connectivity index (χ0v) is 65.5. The average Bonchev–Trinajstić information content (AvgIpc) is 1.77. The fraction of sp³-hybridized carbons (Fsp3) is 0.561. The molecule has 4 saturated heterocycles. The molecule has 4 fully saturated rings. The van der Waals surface area contributed by atoms with E-state index in [4.69, 9.17) is 115 Å². The normalized spacial score (nSPS) is 14.5. The number of ether oxygens (including phenoxy) is 1. The number of H-pyrrole nitrogens is 1. The van der Waals surface area contributed by atoms with Crippen LogP contribution in [0.5, 0.6) is 0 Å². The third kappa shape index (κ3) is 32.4. The minimum absolute atomic E-state index is 0. The summed E-state index contributed by atoms with van der Waals surface area (Å²) in [4.78, 5) is 72.2. The zero-order chi connectivity index (χ0) is 79.9. The number of imidazole rings is 1. The first kappa shape index (κ1) is 95.1. The lowest BCUT2D eigenvalue weighted by atomic mass is 8.36. The summed E-state index contributed by atoms with van der Waals surface area (Å²) in [5.74, 6) is 4.61. The molecule has 0 unspecified atom stereocenters. The lowest BCUT2D eigenvalue weighted by molar-refractivity contribution is -0.152. The van der Waals surface area contributed by atoms with E-state index in [1.54, 1.807) is 12.4 Å². The summed E-state index contributed by atoms with van der Waals surface area (Å²) in [5, 5.41) is 18.7. The smallest absolute Gasteiger partial charge is 0.314 e. The Labute approximate surface area is 671 Å². The van der Waals surface area contributed by atoms with Gasteiger partial charge in [-0.3, -0.25) is 14.4 Å². The van der Waals surface area contributed by atoms with Gasteiger partial charge in [0.1, 0.15) is 11.9 Å². The molecule has 8 heterocycles. The van der Waals surface area contributed by atoms with Gasteiger partial charge in [-0.1, -0.05) is 19.6 Å². The number of nitrogen functional groups attached to an aromatic ring is 2. The highest BCUT2D eigenvalue weighted by atomic mass is 16.6. The average molecular weight is 1430 g/mol. The molecule has 0 atom stereocenters. The molecule has 0 aliphatic carbocycles. The first-order valence-electron chi connectivity index (χ1n) is 37.7. The van der Waals surface area contributed by atoms with Crippen LogP contribution in [0.3, 0.4) is 0 Å². The molecule has 2 aromatic carbocycles. The molecule has 10 rings (SSSR count). The van der Waals surface area contributed by atoms with E-state index in [-0.39, 0.29) is 20.3 Å². The van der Waals surface area contributed by atoms with Gasteiger partial charge in [-0.25, -0.2) is 34.9 Å². The van der Waals surface area contributed by atoms with Gasteiger partial charge in [0.25, 0.3) is 0 Å². The van der Waals surface area contributed by atoms with Crippen LogP contribution in [0, 0.1) is 77.6 Å². The highest BCUT2D eigenvalue weighted by molar-refractivity contribution is 8.22. The molecular formula is C66H99B22N17O4. The second-order valence-electron chi connectivity index (χ2n) is 29.6. The number of hydrogen-bond donors (Lipinski definition) is 6. The number of likely N-dealkylation sites (tertiary alicyclic amines) is 3. The predicted octanol–water partition coefficient (Wildman–Crippen LogP) is 2.38. The molecule has 24 radical (unpaired) electrons. The Morgan fingerprint density at radius 3 is 1.26 bits per heavy atom. The minimum Gasteiger partial charge on any atom is -0.397 e. The highest BCUT2D eigenvalue weighted by Crippen LogP contribution is 2.28. The number of nitrogens with two attached hydrogens (primary N) is 2. The molecule has 538 valence electrons. The summed E-state index contributed by atoms with van der Waals surface area (Å²) >= 11 is 0. The number of aromatic nitrogens is 8. The Hall–Kier alpha value is -6.24. The zero-order valence-electron chi connectivity index (χ0n) is 65.5. The number of nitrogens with zero attached hydrogens (tertiary/aromatic N) is 11. The third-order valence-electron chi connectivity index (χ3n) is 20.5. The SMILES string of the molecule is C.Cc1cc(C)c(N)c(N)c1.Cc1cc(C)c2nc(-c3cnc(NCCCC4CCN(C)CC4)nc3C)[nH]c2c1.Cc1nc(NCCCC2CCN(C)CC2)ncc1C#N.Cc1nc(NCCCC2CCN(C)CC2)ncc1C=O.O=C1CCC(=O)O1.[B]B([B])B(B([B])[B])B(B(B([B])[B])B([B])[B])B(B([B])[B])B([B])[B]. The molecule has 0 bridgehead atoms. The Kier molecular flexibility index (Phi) is 42.4. The summed E-state index contributed by atoms with van der Waals surface area (Å²) < 4.78 is 4.08. The lowest BCUT2D eigenvalue weighted by Crippen LogP contribution is -2.83. The van der Waals surface area contributed by atoms with Crippen LogP contribution >= 0.6 is 0 Å². The van der Waals surface area contributed by atoms with E-state index in [1.165, 1.54) is 115 Å². The Morgan fingerprint density at radius 1 is 0.532 bits per heavy atom. The first-order chi connectivity index (χ1) is 51.2. The maximum Gasteiger partial charge on any atom is 0.314 e. The largest absolute Gasteiger partial charge is 0.397 e. The number of cyclic esters (lactones) is 2. The van der Waals surface area contributed by atoms with Gasteiger partial charge in [-0.05, 0) is 238 Å². The van der Waals surface area contributed by atoms with Crippen molar-refractivity contribution >= 4 is 215 Å². The van der Waals surface area contributed by atoms with E-state index in [2.05, 4.69) is 123 Å². The van der Waals surface area contributed by atoms with E-state index in [0.717, 1.165) is 107 Å². The van der Waals surface area contributed by atoms with Crippen molar-refractivity contribution in [2.45, 2.75) is 146 Å². The molecule has 4 aliphatic rings. The molecule has 0 saturated carbocycles. The van der Waals surface area contributed by atoms with Crippen molar-refractivity contribution in [3.8, 4) is 17.5 Å². The van der Waals surface area contributed by atoms with E-state index in [9.17, 15) is 14.4 Å². The van der Waals surface area contributed by atoms with Crippen LogP contribution in [-0.4, -0.2) is 310 Å². The van der Waals surface area contributed by atoms with Gasteiger partial charge < -0.3 is 51.8 Å². The van der Waals surface area contributed by atoms with E-state index < -0.39 is 75.8 Å². The number of nitrogens with one attached hydrogen (secondary N) is 4. The van der Waals surface area contributed by atoms with Crippen molar-refractivity contribution in [3.63, 3.8) is 0 Å². The number of rotatable bonds is 26. The van der Waals surface area contributed by atoms with Crippen LogP contribution in [0.4, 0.5) is 29.2 Å². The maximum absolute atomic E-state index is 10.7. The fourth-order valence-electron chi connectivity index (χ4n) is 14.1. The summed E-state index contributed by atoms with van der Waals surface area (Å²) in [6, 6.07) is 10.3. The summed E-state index contributed by atoms with van der Waals surface area (Å²) in [6.45, 7) is 24.0. The molecular weight excluding hydrogens is 1330 g/mol. The number of carbonyl (C=O) groups excluding carboxylic acids is 3. The number of aromatic amines is 1. The molecule has 8 N–H and O–H groups in total. The van der Waals surface area contributed by atoms with E-state index in [1.807, 2.05) is 52.9 Å². The minimum atomic E-state index is -0.926. The van der Waals surface area contributed by atoms with Crippen molar-refractivity contribution in [3.05, 3.63) is 93.3 Å². The number of esters is 2. The number of hydrogen-bond acceptors (Lipinski definition) is 20. The number of nitriles is 1. The number of piperidine rings is 3. The molecule has 43 heteroatoms. The first-order valence-corrected chi connectivity index (χ1v) is 37.7. The fourth-order valence-corrected chi connectivity index (χ4v) is 14.1. The number of anilines is 5. The molecule has 0 amide bonds. The van der Waals surface area contributed by atoms with Crippen LogP contribution < -0.4 is 27.4 Å². The van der Waals surface area contributed by atoms with E-state index in [0.29, 0.717) is 40.3 Å². The van der Waals surface area contributed by atoms with Gasteiger partial charge in [0.2, 0.25) is 17.8 Å². The number of aldehydes is 1. The van der Waals surface area contributed by atoms with Crippen LogP contribution in [0.1, 0.15) is 153 Å². The van der Waals surface area contributed by atoms with Gasteiger partial charge in [0, 0.05) is 189 Å². The standard InChI is InChI=1S/C23H32N6.C15H23N5.C15H24N4O.C8H12N2.C4H4O3.CH4.B22/c1-15-12-16(2)21-20(13-15)27-22(28-21)19-14-25-23(26-17(19)3)24-9-5-6-18-7-10-29(4)11-8-18;1-12-14(10-16)11-18-15(19-12)17-7-3-4-13-5-8-20(2)9-6-13;1-12-14(11-20)10-17-15(18-12)16-7-3-4-13-5-8-19(2)9-6-13;1-5-3-6(2)8(10)7(9)4-5;5-3-1-2-4(6)7-3;;1-13(2)19(14(3)4)22(20(15(5)6)16(7)8)21(17(9)10)18(11)12/h12-14,18H,5-11H2,1-4H3,(H,27,28)(H,24,25,26);11,13H,3-9H2,1-2H3,(H,17,18,19);10-11,13H,3-9H2,1-2H3,(H,16,17,18);3-4H,9-10H2,1-2H3;1-2H2;1H4;. The van der Waals surface area contributed by atoms with Gasteiger partial charge in [-0.2, -0.15) is 5.26 Å². The van der Waals surface area contributed by atoms with Crippen molar-refractivity contribution in [1.82, 2.24) is 54.6 Å². The molecule has 109 heavy (non-hydrogen) atoms. The lowest BCUT2D eigenvalue weighted by Gasteiger charge is -2.45. The Bertz CT molecular complexity index is 3690. The van der Waals surface area contributed by atoms with Crippen molar-refractivity contribution < 1.29 is 19.1 Å². The van der Waals surface area contributed by atoms with Crippen LogP contribution in [0.2, 0.25) is 0 Å². The van der Waals surface area contributed by atoms with Gasteiger partial charge >= 0.3 is 11.9 Å². The highest BCUT2D eigenvalue weighted by Gasteiger charge is 2.47. The second kappa shape index (κ2) is 48.6. The second-order valence-corrected chi connectivity index (χ2v) is 29.6. The van der Waals surface area contributed by atoms with Crippen molar-refractivity contribution in [2.24, 2.45) is 17.8 Å². The molecule has 0 spiro atoms. The predicted molar refractivity (Wildman–Crippen MR) is 477 cm³/mol. The number of benzene rings is 2. The monoisotopic (exact) mass is 1440 g/mol. The van der Waals surface area contributed by atoms with E-state index >= 15 is 0 Å². The quantitative estimate of drug-likeness (QED) is 0.0114. The molecule has 4 aromatic heterocycles. The van der Waals surface area contributed by atoms with Gasteiger partial charge in [-0.15, -0.1) is 0 Å². The topological polar surface area (TPSA) is 288 Å². The number of fused-ring (bicyclic) bond motifs is 1. The van der Waals surface area contributed by atoms with Crippen molar-refractivity contribution in [2.75, 3.05) is 107 Å². The summed E-state index contributed by atoms with van der Waals surface area (Å²) in [5.41, 5.74) is 23.8. The Morgan fingerprint density at radius 2 is 0.908 bits per heavy atom. The van der Waals surface area contributed by atoms with Gasteiger partial charge in [0.15, 0.2) is 6.29 Å². The van der Waals surface area contributed by atoms with Crippen molar-refractivity contribution in [1.29, 1.82) is 5.26 Å². The maximum atomic E-state index is 10.7.